The number of carbonyl (C=O) groups excluding carboxylic acids is 4. The van der Waals surface area contributed by atoms with Gasteiger partial charge in [-0.05, 0) is 30.2 Å². The summed E-state index contributed by atoms with van der Waals surface area (Å²) in [6, 6.07) is 13.3. The Hall–Kier alpha value is -3.48. The van der Waals surface area contributed by atoms with E-state index in [0.717, 1.165) is 5.56 Å². The van der Waals surface area contributed by atoms with E-state index in [4.69, 9.17) is 5.73 Å². The summed E-state index contributed by atoms with van der Waals surface area (Å²) in [6.07, 6.45) is 0.815. The van der Waals surface area contributed by atoms with Gasteiger partial charge in [-0.1, -0.05) is 30.3 Å². The van der Waals surface area contributed by atoms with E-state index in [1.165, 1.54) is 9.80 Å². The molecule has 4 amide bonds. The summed E-state index contributed by atoms with van der Waals surface area (Å²) in [5.74, 6) is -1.47. The monoisotopic (exact) mass is 377 g/mol. The first-order chi connectivity index (χ1) is 13.5. The van der Waals surface area contributed by atoms with Crippen LogP contribution in [-0.2, 0) is 16.0 Å². The molecule has 0 unspecified atom stereocenters. The molecule has 2 N–H and O–H groups in total. The first kappa shape index (κ1) is 17.9. The molecule has 2 aromatic carbocycles. The van der Waals surface area contributed by atoms with Crippen molar-refractivity contribution in [1.82, 2.24) is 4.90 Å². The number of rotatable bonds is 5. The Bertz CT molecular complexity index is 966. The molecule has 7 nitrogen and oxygen atoms in total. The van der Waals surface area contributed by atoms with Crippen LogP contribution in [0, 0.1) is 0 Å². The van der Waals surface area contributed by atoms with Gasteiger partial charge in [-0.25, -0.2) is 0 Å². The molecule has 0 saturated heterocycles. The number of nitrogens with two attached hydrogens (primary N) is 1. The highest BCUT2D eigenvalue weighted by molar-refractivity contribution is 6.21. The first-order valence-electron chi connectivity index (χ1n) is 9.13. The fourth-order valence-corrected chi connectivity index (χ4v) is 3.87. The quantitative estimate of drug-likeness (QED) is 0.798. The van der Waals surface area contributed by atoms with E-state index in [2.05, 4.69) is 0 Å². The van der Waals surface area contributed by atoms with Gasteiger partial charge in [0.1, 0.15) is 6.04 Å². The van der Waals surface area contributed by atoms with Crippen LogP contribution < -0.4 is 10.6 Å². The largest absolute Gasteiger partial charge is 0.368 e. The minimum absolute atomic E-state index is 0.103. The topological polar surface area (TPSA) is 101 Å². The molecule has 0 spiro atoms. The summed E-state index contributed by atoms with van der Waals surface area (Å²) in [5.41, 5.74) is 7.86. The molecule has 2 aromatic rings. The van der Waals surface area contributed by atoms with Gasteiger partial charge >= 0.3 is 0 Å². The normalized spacial score (nSPS) is 17.6. The molecule has 2 aliphatic rings. The van der Waals surface area contributed by atoms with Crippen LogP contribution in [0.2, 0.25) is 0 Å². The maximum atomic E-state index is 12.8. The number of amides is 4. The highest BCUT2D eigenvalue weighted by Gasteiger charge is 2.38. The van der Waals surface area contributed by atoms with Crippen molar-refractivity contribution in [3.8, 4) is 0 Å². The van der Waals surface area contributed by atoms with Crippen LogP contribution in [0.4, 0.5) is 5.69 Å². The van der Waals surface area contributed by atoms with Gasteiger partial charge in [0.05, 0.1) is 11.1 Å². The summed E-state index contributed by atoms with van der Waals surface area (Å²) >= 11 is 0. The third-order valence-electron chi connectivity index (χ3n) is 5.22. The van der Waals surface area contributed by atoms with Crippen LogP contribution in [0.25, 0.3) is 0 Å². The highest BCUT2D eigenvalue weighted by atomic mass is 16.2. The summed E-state index contributed by atoms with van der Waals surface area (Å²) < 4.78 is 0. The minimum atomic E-state index is -0.704. The Balaban J connectivity index is 1.43. The molecule has 7 heteroatoms. The van der Waals surface area contributed by atoms with Gasteiger partial charge in [-0.15, -0.1) is 0 Å². The lowest BCUT2D eigenvalue weighted by molar-refractivity contribution is -0.124. The molecule has 0 aliphatic carbocycles. The lowest BCUT2D eigenvalue weighted by Crippen LogP contribution is -2.46. The number of anilines is 1. The van der Waals surface area contributed by atoms with Crippen molar-refractivity contribution in [3.63, 3.8) is 0 Å². The number of nitrogens with zero attached hydrogens (tertiary/aromatic N) is 2. The Kier molecular flexibility index (Phi) is 4.43. The van der Waals surface area contributed by atoms with Crippen LogP contribution in [0.15, 0.2) is 48.5 Å². The molecule has 1 atom stereocenters. The molecule has 2 aliphatic heterocycles. The van der Waals surface area contributed by atoms with E-state index < -0.39 is 11.9 Å². The van der Waals surface area contributed by atoms with E-state index >= 15 is 0 Å². The third-order valence-corrected chi connectivity index (χ3v) is 5.22. The number of primary amides is 1. The zero-order chi connectivity index (χ0) is 19.8. The predicted octanol–water partition coefficient (Wildman–Crippen LogP) is 1.51. The molecule has 0 saturated carbocycles. The fourth-order valence-electron chi connectivity index (χ4n) is 3.87. The van der Waals surface area contributed by atoms with Crippen molar-refractivity contribution in [2.45, 2.75) is 25.3 Å². The van der Waals surface area contributed by atoms with Crippen molar-refractivity contribution in [2.75, 3.05) is 11.4 Å². The molecule has 2 heterocycles. The molecule has 4 rings (SSSR count). The van der Waals surface area contributed by atoms with Crippen molar-refractivity contribution < 1.29 is 19.2 Å². The van der Waals surface area contributed by atoms with Crippen LogP contribution in [0.3, 0.4) is 0 Å². The summed E-state index contributed by atoms with van der Waals surface area (Å²) in [4.78, 5) is 52.0. The van der Waals surface area contributed by atoms with Crippen LogP contribution in [0.1, 0.15) is 39.1 Å². The van der Waals surface area contributed by atoms with E-state index in [-0.39, 0.29) is 30.7 Å². The minimum Gasteiger partial charge on any atom is -0.368 e. The van der Waals surface area contributed by atoms with Crippen molar-refractivity contribution in [2.24, 2.45) is 5.73 Å². The SMILES string of the molecule is NC(=O)[C@@H]1Cc2ccccc2N1C(=O)CCCN1C(=O)c2ccccc2C1=O. The third kappa shape index (κ3) is 2.85. The number of hydrogen-bond donors (Lipinski definition) is 1. The van der Waals surface area contributed by atoms with Crippen molar-refractivity contribution in [1.29, 1.82) is 0 Å². The molecule has 0 fully saturated rings. The molecule has 0 aromatic heterocycles. The number of carbonyl (C=O) groups is 4. The molecule has 142 valence electrons. The number of para-hydroxylation sites is 1. The van der Waals surface area contributed by atoms with E-state index in [0.29, 0.717) is 29.7 Å². The molecule has 0 radical (unpaired) electrons. The van der Waals surface area contributed by atoms with E-state index in [1.807, 2.05) is 12.1 Å². The van der Waals surface area contributed by atoms with Crippen molar-refractivity contribution >= 4 is 29.3 Å². The predicted molar refractivity (Wildman–Crippen MR) is 102 cm³/mol. The highest BCUT2D eigenvalue weighted by Crippen LogP contribution is 2.32. The summed E-state index contributed by atoms with van der Waals surface area (Å²) in [7, 11) is 0. The lowest BCUT2D eigenvalue weighted by Gasteiger charge is -2.23. The van der Waals surface area contributed by atoms with E-state index in [1.54, 1.807) is 36.4 Å². The average Bonchev–Trinajstić information content (AvgIpc) is 3.20. The standard InChI is InChI=1S/C21H19N3O4/c22-19(26)17-12-13-6-1-4-9-16(13)24(17)18(25)10-5-11-23-20(27)14-7-2-3-8-15(14)21(23)28/h1-4,6-9,17H,5,10-12H2,(H2,22,26)/t17-/m0/s1. The average molecular weight is 377 g/mol. The second kappa shape index (κ2) is 6.92. The Morgan fingerprint density at radius 1 is 0.964 bits per heavy atom. The molecule has 28 heavy (non-hydrogen) atoms. The number of imide groups is 1. The maximum Gasteiger partial charge on any atom is 0.261 e. The second-order valence-corrected chi connectivity index (χ2v) is 6.93. The maximum absolute atomic E-state index is 12.8. The first-order valence-corrected chi connectivity index (χ1v) is 9.13. The van der Waals surface area contributed by atoms with Gasteiger partial charge in [0, 0.05) is 25.1 Å². The van der Waals surface area contributed by atoms with Gasteiger partial charge < -0.3 is 5.73 Å². The van der Waals surface area contributed by atoms with E-state index in [9.17, 15) is 19.2 Å². The van der Waals surface area contributed by atoms with Crippen molar-refractivity contribution in [3.05, 3.63) is 65.2 Å². The Labute approximate surface area is 161 Å². The van der Waals surface area contributed by atoms with Gasteiger partial charge in [0.15, 0.2) is 0 Å². The Morgan fingerprint density at radius 3 is 2.21 bits per heavy atom. The zero-order valence-electron chi connectivity index (χ0n) is 15.1. The van der Waals surface area contributed by atoms with Gasteiger partial charge in [0.2, 0.25) is 11.8 Å². The lowest BCUT2D eigenvalue weighted by atomic mass is 10.1. The molecular weight excluding hydrogens is 358 g/mol. The number of benzene rings is 2. The van der Waals surface area contributed by atoms with Gasteiger partial charge in [0.25, 0.3) is 11.8 Å². The summed E-state index contributed by atoms with van der Waals surface area (Å²) in [5, 5.41) is 0. The number of hydrogen-bond acceptors (Lipinski definition) is 4. The fraction of sp³-hybridized carbons (Fsp3) is 0.238. The van der Waals surface area contributed by atoms with Crippen LogP contribution >= 0.6 is 0 Å². The smallest absolute Gasteiger partial charge is 0.261 e. The summed E-state index contributed by atoms with van der Waals surface area (Å²) in [6.45, 7) is 0.148. The van der Waals surface area contributed by atoms with Gasteiger partial charge in [-0.2, -0.15) is 0 Å². The van der Waals surface area contributed by atoms with Gasteiger partial charge in [-0.3, -0.25) is 29.0 Å². The second-order valence-electron chi connectivity index (χ2n) is 6.93. The molecular formula is C21H19N3O4. The van der Waals surface area contributed by atoms with Crippen LogP contribution in [0.5, 0.6) is 0 Å². The Morgan fingerprint density at radius 2 is 1.57 bits per heavy atom. The molecule has 0 bridgehead atoms. The van der Waals surface area contributed by atoms with Crippen LogP contribution in [-0.4, -0.2) is 41.1 Å². The zero-order valence-corrected chi connectivity index (χ0v) is 15.1. The number of fused-ring (bicyclic) bond motifs is 2.